The van der Waals surface area contributed by atoms with E-state index >= 15 is 0 Å². The topological polar surface area (TPSA) is 290 Å². The number of rotatable bonds is 16. The van der Waals surface area contributed by atoms with Gasteiger partial charge in [-0.2, -0.15) is 15.2 Å². The van der Waals surface area contributed by atoms with Gasteiger partial charge in [0.1, 0.15) is 48.9 Å². The van der Waals surface area contributed by atoms with E-state index in [9.17, 15) is 53.8 Å². The van der Waals surface area contributed by atoms with E-state index in [1.807, 2.05) is 17.9 Å². The second-order valence-electron chi connectivity index (χ2n) is 12.9. The van der Waals surface area contributed by atoms with Crippen molar-refractivity contribution in [3.05, 3.63) is 93.4 Å². The summed E-state index contributed by atoms with van der Waals surface area (Å²) in [7, 11) is -15.1. The van der Waals surface area contributed by atoms with Crippen molar-refractivity contribution in [3.63, 3.8) is 0 Å². The van der Waals surface area contributed by atoms with Gasteiger partial charge in [0.2, 0.25) is 17.3 Å². The summed E-state index contributed by atoms with van der Waals surface area (Å²) in [5, 5.41) is 26.0. The zero-order valence-electron chi connectivity index (χ0n) is 34.9. The van der Waals surface area contributed by atoms with E-state index in [4.69, 9.17) is 34.8 Å². The Balaban J connectivity index is 0.00000484. The number of carbonyl (C=O) groups excluding carboxylic acids is 2. The third-order valence-electron chi connectivity index (χ3n) is 8.73. The van der Waals surface area contributed by atoms with Crippen LogP contribution in [0.1, 0.15) is 32.3 Å². The molecule has 0 saturated carbocycles. The predicted molar refractivity (Wildman–Crippen MR) is 225 cm³/mol. The van der Waals surface area contributed by atoms with E-state index in [-0.39, 0.29) is 221 Å². The smallest absolute Gasteiger partial charge is 0.748 e. The molecule has 4 aromatic carbocycles. The molecular weight excluding hydrogens is 1050 g/mol. The van der Waals surface area contributed by atoms with E-state index in [1.54, 1.807) is 36.4 Å². The van der Waals surface area contributed by atoms with Crippen LogP contribution in [0.2, 0.25) is 15.1 Å². The molecule has 0 aliphatic carbocycles. The predicted octanol–water partition coefficient (Wildman–Crippen LogP) is -2.11. The number of nitrogens with one attached hydrogen (secondary N) is 1. The molecule has 5 rings (SSSR count). The summed E-state index contributed by atoms with van der Waals surface area (Å²) in [4.78, 5) is 24.2. The van der Waals surface area contributed by atoms with Crippen molar-refractivity contribution in [1.29, 1.82) is 5.26 Å². The monoisotopic (exact) mass is 1080 g/mol. The molecule has 0 spiro atoms. The molecule has 0 bridgehead atoms. The van der Waals surface area contributed by atoms with E-state index in [1.165, 1.54) is 19.1 Å². The minimum Gasteiger partial charge on any atom is -0.748 e. The van der Waals surface area contributed by atoms with Gasteiger partial charge < -0.3 is 23.9 Å². The van der Waals surface area contributed by atoms with Crippen LogP contribution in [0.4, 0.5) is 34.3 Å². The Morgan fingerprint density at radius 2 is 1.43 bits per heavy atom. The van der Waals surface area contributed by atoms with Crippen LogP contribution in [0.15, 0.2) is 92.8 Å². The van der Waals surface area contributed by atoms with Gasteiger partial charge in [0.05, 0.1) is 40.7 Å². The Hall–Kier alpha value is -0.661. The molecule has 0 atom stereocenters. The number of halogens is 3. The van der Waals surface area contributed by atoms with Crippen molar-refractivity contribution >= 4 is 111 Å². The van der Waals surface area contributed by atoms with E-state index in [0.717, 1.165) is 16.8 Å². The van der Waals surface area contributed by atoms with Gasteiger partial charge in [0, 0.05) is 61.3 Å². The number of nitriles is 1. The van der Waals surface area contributed by atoms with E-state index in [2.05, 4.69) is 20.6 Å². The maximum absolute atomic E-state index is 12.3. The SMILES string of the molecule is CCN(CCCCS(=O)(=O)[O-])c1ccc(N=Nc2c(C#N)c(-c3ccccc3Cl)nn2-c2c(Cl)cc([N+](=C=O)c3cc(S(=O)(=O)[O-])cc(S(=O)(=O)[O-])c3)cc2Cl)c(NC(C)=O)c1.[K+].[K+].[K+]. The molecular formula is C37H29Cl3K3N8O11S3+. The summed E-state index contributed by atoms with van der Waals surface area (Å²) in [6, 6.07) is 17.0. The fourth-order valence-electron chi connectivity index (χ4n) is 5.96. The van der Waals surface area contributed by atoms with E-state index in [0.29, 0.717) is 48.0 Å². The van der Waals surface area contributed by atoms with Crippen LogP contribution in [0.3, 0.4) is 0 Å². The molecule has 0 unspecified atom stereocenters. The van der Waals surface area contributed by atoms with Crippen molar-refractivity contribution in [1.82, 2.24) is 14.4 Å². The zero-order valence-corrected chi connectivity index (χ0v) is 49.0. The molecule has 28 heteroatoms. The van der Waals surface area contributed by atoms with Crippen LogP contribution >= 0.6 is 34.8 Å². The zero-order chi connectivity index (χ0) is 45.7. The van der Waals surface area contributed by atoms with Crippen LogP contribution in [0.25, 0.3) is 16.9 Å². The van der Waals surface area contributed by atoms with Crippen LogP contribution in [0.5, 0.6) is 0 Å². The number of benzene rings is 4. The Morgan fingerprint density at radius 1 is 0.846 bits per heavy atom. The molecule has 19 nitrogen and oxygen atoms in total. The van der Waals surface area contributed by atoms with Crippen molar-refractivity contribution < 1.29 is 203 Å². The average molecular weight is 1080 g/mol. The molecule has 0 fully saturated rings. The minimum absolute atomic E-state index is 0. The number of aromatic nitrogens is 2. The summed E-state index contributed by atoms with van der Waals surface area (Å²) in [6.45, 7) is 3.96. The second-order valence-corrected chi connectivity index (χ2v) is 18.4. The van der Waals surface area contributed by atoms with Crippen molar-refractivity contribution in [2.45, 2.75) is 36.5 Å². The average Bonchev–Trinajstić information content (AvgIpc) is 3.53. The van der Waals surface area contributed by atoms with Crippen molar-refractivity contribution in [3.8, 4) is 23.0 Å². The third kappa shape index (κ3) is 15.9. The number of nitrogens with zero attached hydrogens (tertiary/aromatic N) is 7. The Bertz CT molecular complexity index is 3020. The number of hydrogen-bond donors (Lipinski definition) is 1. The van der Waals surface area contributed by atoms with Gasteiger partial charge in [-0.25, -0.2) is 29.9 Å². The van der Waals surface area contributed by atoms with Gasteiger partial charge in [-0.05, 0) is 50.1 Å². The fraction of sp³-hybridized carbons (Fsp3) is 0.189. The number of hydrogen-bond acceptors (Lipinski definition) is 16. The Morgan fingerprint density at radius 3 is 1.94 bits per heavy atom. The van der Waals surface area contributed by atoms with Crippen LogP contribution in [0, 0.1) is 11.3 Å². The fourth-order valence-corrected chi connectivity index (χ4v) is 8.53. The molecule has 0 aliphatic rings. The second kappa shape index (κ2) is 26.0. The van der Waals surface area contributed by atoms with Crippen molar-refractivity contribution in [2.75, 3.05) is 29.1 Å². The van der Waals surface area contributed by atoms with Gasteiger partial charge in [-0.3, -0.25) is 4.79 Å². The Labute approximate surface area is 516 Å². The first-order valence-electron chi connectivity index (χ1n) is 17.6. The molecule has 0 radical (unpaired) electrons. The number of azo groups is 1. The van der Waals surface area contributed by atoms with Gasteiger partial charge in [0.25, 0.3) is 0 Å². The standard InChI is InChI=1S/C37H31Cl3N8O11S3.3K/c1-3-46(12-6-7-13-60(51,52)53)23-10-11-33(34(18-23)42-22(2)50)43-44-37-29(20-41)35(28-8-4-5-9-30(28)38)45-48(37)36-31(39)16-25(17-32(36)40)47(21-49)24-14-26(61(54,55)56)19-27(15-24)62(57,58)59;;;/h4-5,8-11,14-19H,3,6-7,12-13H2,1-2H3,(H3-,42,44,45,50,51,52,53,54,55,56,57,58,59);;;/q;3*+1/p-2. The maximum Gasteiger partial charge on any atom is 1.00 e. The first kappa shape index (κ1) is 60.5. The number of carbonyl (C=O) groups is 1. The first-order chi connectivity index (χ1) is 29.1. The first-order valence-corrected chi connectivity index (χ1v) is 23.1. The molecule has 1 aromatic heterocycles. The number of unbranched alkanes of at least 4 members (excludes halogenated alkanes) is 1. The van der Waals surface area contributed by atoms with Crippen LogP contribution in [-0.2, 0) is 39.9 Å². The van der Waals surface area contributed by atoms with Gasteiger partial charge in [-0.1, -0.05) is 57.6 Å². The minimum atomic E-state index is -5.35. The molecule has 5 aromatic rings. The number of isocyanates is 1. The molecule has 1 N–H and O–H groups in total. The summed E-state index contributed by atoms with van der Waals surface area (Å²) in [6.07, 6.45) is 1.97. The molecule has 65 heavy (non-hydrogen) atoms. The van der Waals surface area contributed by atoms with Crippen molar-refractivity contribution in [2.24, 2.45) is 10.2 Å². The third-order valence-corrected chi connectivity index (χ3v) is 12.0. The van der Waals surface area contributed by atoms with Gasteiger partial charge >= 0.3 is 160 Å². The Kier molecular flexibility index (Phi) is 24.2. The summed E-state index contributed by atoms with van der Waals surface area (Å²) in [5.74, 6) is -1.25. The maximum atomic E-state index is 12.3. The van der Waals surface area contributed by atoms with Crippen LogP contribution < -0.4 is 169 Å². The number of amides is 1. The molecule has 1 amide bonds. The van der Waals surface area contributed by atoms with Gasteiger partial charge in [-0.15, -0.1) is 10.2 Å². The molecule has 1 heterocycles. The quantitative estimate of drug-likeness (QED) is 0.0211. The number of anilines is 2. The van der Waals surface area contributed by atoms with E-state index < -0.39 is 57.5 Å². The largest absolute Gasteiger partial charge is 1.00 e. The summed E-state index contributed by atoms with van der Waals surface area (Å²) >= 11 is 20.1. The summed E-state index contributed by atoms with van der Waals surface area (Å²) in [5.41, 5.74) is -0.0471. The molecule has 324 valence electrons. The van der Waals surface area contributed by atoms with Crippen LogP contribution in [-0.4, -0.2) is 79.5 Å². The summed E-state index contributed by atoms with van der Waals surface area (Å²) < 4.78 is 106. The molecule has 0 aliphatic heterocycles. The molecule has 0 saturated heterocycles. The normalized spacial score (nSPS) is 11.4. The van der Waals surface area contributed by atoms with Gasteiger partial charge in [0.15, 0.2) is 5.82 Å².